The number of unbranched alkanes of at least 4 members (excludes halogenated alkanes) is 1. The van der Waals surface area contributed by atoms with E-state index in [0.29, 0.717) is 49.9 Å². The highest BCUT2D eigenvalue weighted by atomic mass is 35.5. The Balaban J connectivity index is 1.06. The molecule has 5 saturated carbocycles. The molecule has 1 aromatic rings. The molecule has 1 saturated heterocycles. The fraction of sp³-hybridized carbons (Fsp3) is 0.769. The summed E-state index contributed by atoms with van der Waals surface area (Å²) in [5, 5.41) is 11.0. The molecular weight excluding hydrogens is 498 g/mol. The largest absolute Gasteiger partial charge is 0.273 e. The third-order valence-electron chi connectivity index (χ3n) is 9.08. The second kappa shape index (κ2) is 9.93. The van der Waals surface area contributed by atoms with E-state index in [4.69, 9.17) is 31.2 Å². The molecule has 1 aliphatic heterocycles. The maximum Gasteiger partial charge on any atom is 0.241 e. The minimum absolute atomic E-state index is 0.0404. The molecule has 6 fully saturated rings. The highest BCUT2D eigenvalue weighted by Gasteiger charge is 2.64. The average molecular weight is 532 g/mol. The van der Waals surface area contributed by atoms with Crippen LogP contribution in [0.4, 0.5) is 5.82 Å². The van der Waals surface area contributed by atoms with Gasteiger partial charge in [0.15, 0.2) is 5.82 Å². The Morgan fingerprint density at radius 3 is 2.35 bits per heavy atom. The number of nitriles is 1. The lowest BCUT2D eigenvalue weighted by atomic mass is 9.53. The summed E-state index contributed by atoms with van der Waals surface area (Å²) in [7, 11) is 0. The van der Waals surface area contributed by atoms with Gasteiger partial charge in [-0.25, -0.2) is 4.98 Å². The van der Waals surface area contributed by atoms with Gasteiger partial charge in [0.2, 0.25) is 23.3 Å². The van der Waals surface area contributed by atoms with Crippen LogP contribution >= 0.6 is 11.6 Å². The predicted octanol–water partition coefficient (Wildman–Crippen LogP) is 4.59. The van der Waals surface area contributed by atoms with Gasteiger partial charge in [-0.2, -0.15) is 29.8 Å². The van der Waals surface area contributed by atoms with Gasteiger partial charge in [0.1, 0.15) is 11.2 Å². The Labute approximate surface area is 221 Å². The van der Waals surface area contributed by atoms with E-state index in [0.717, 1.165) is 50.4 Å². The van der Waals surface area contributed by atoms with Crippen molar-refractivity contribution in [1.29, 1.82) is 5.26 Å². The summed E-state index contributed by atoms with van der Waals surface area (Å²) < 4.78 is 0. The van der Waals surface area contributed by atoms with Crippen molar-refractivity contribution < 1.29 is 24.3 Å². The van der Waals surface area contributed by atoms with Crippen LogP contribution in [-0.2, 0) is 24.3 Å². The van der Waals surface area contributed by atoms with Crippen molar-refractivity contribution in [3.05, 3.63) is 17.0 Å². The summed E-state index contributed by atoms with van der Waals surface area (Å²) in [6.45, 7) is 2.60. The summed E-state index contributed by atoms with van der Waals surface area (Å²) in [6.07, 6.45) is 9.72. The first-order valence-electron chi connectivity index (χ1n) is 13.7. The number of hydrogen-bond acceptors (Lipinski definition) is 9. The number of nitrogens with one attached hydrogen (secondary N) is 1. The van der Waals surface area contributed by atoms with Crippen molar-refractivity contribution in [2.24, 2.45) is 29.6 Å². The molecule has 37 heavy (non-hydrogen) atoms. The van der Waals surface area contributed by atoms with E-state index >= 15 is 0 Å². The van der Waals surface area contributed by atoms with E-state index in [-0.39, 0.29) is 22.8 Å². The molecule has 1 amide bonds. The molecule has 4 bridgehead atoms. The highest BCUT2D eigenvalue weighted by molar-refractivity contribution is 6.29. The SMILES string of the molecule is CCCCN(NC(=O)C1CCC2(CC1)OOC1(OO2)C2CC3CC(C2)CC1C3)c1cc(Cl)nc(C#N)n1. The average Bonchev–Trinajstić information content (AvgIpc) is 2.90. The fourth-order valence-corrected chi connectivity index (χ4v) is 7.45. The normalized spacial score (nSPS) is 38.0. The minimum Gasteiger partial charge on any atom is -0.273 e. The Kier molecular flexibility index (Phi) is 6.78. The molecule has 6 aliphatic rings. The van der Waals surface area contributed by atoms with Gasteiger partial charge in [0, 0.05) is 43.2 Å². The summed E-state index contributed by atoms with van der Waals surface area (Å²) in [4.78, 5) is 45.6. The number of aromatic nitrogens is 2. The second-order valence-corrected chi connectivity index (χ2v) is 11.9. The van der Waals surface area contributed by atoms with Crippen LogP contribution < -0.4 is 10.4 Å². The molecule has 7 rings (SSSR count). The van der Waals surface area contributed by atoms with Gasteiger partial charge in [-0.1, -0.05) is 24.9 Å². The summed E-state index contributed by atoms with van der Waals surface area (Å²) in [5.41, 5.74) is 2.98. The molecule has 0 radical (unpaired) electrons. The van der Waals surface area contributed by atoms with Crippen molar-refractivity contribution in [2.75, 3.05) is 11.6 Å². The number of anilines is 1. The molecule has 10 nitrogen and oxygen atoms in total. The van der Waals surface area contributed by atoms with Gasteiger partial charge in [-0.3, -0.25) is 15.2 Å². The lowest BCUT2D eigenvalue weighted by molar-refractivity contribution is -0.680. The zero-order chi connectivity index (χ0) is 25.6. The maximum atomic E-state index is 13.2. The smallest absolute Gasteiger partial charge is 0.241 e. The Hall–Kier alpha value is -2.03. The van der Waals surface area contributed by atoms with Crippen molar-refractivity contribution in [2.45, 2.75) is 89.1 Å². The standard InChI is InChI=1S/C26H34ClN5O5/c1-2-3-8-32(23-14-21(27)29-22(15-28)30-23)31-24(33)18-4-6-25(7-5-18)34-36-26(37-35-25)19-10-16-9-17(12-19)13-20(26)11-16/h14,16-20H,2-13H2,1H3,(H,31,33). The van der Waals surface area contributed by atoms with Crippen molar-refractivity contribution >= 4 is 23.3 Å². The molecule has 11 heteroatoms. The van der Waals surface area contributed by atoms with Crippen molar-refractivity contribution in [3.8, 4) is 6.07 Å². The van der Waals surface area contributed by atoms with Crippen LogP contribution in [0.2, 0.25) is 5.15 Å². The quantitative estimate of drug-likeness (QED) is 0.319. The van der Waals surface area contributed by atoms with Crippen LogP contribution in [-0.4, -0.2) is 34.0 Å². The van der Waals surface area contributed by atoms with Crippen molar-refractivity contribution in [1.82, 2.24) is 15.4 Å². The summed E-state index contributed by atoms with van der Waals surface area (Å²) in [6, 6.07) is 3.46. The Morgan fingerprint density at radius 2 is 1.76 bits per heavy atom. The number of carbonyl (C=O) groups excluding carboxylic acids is 1. The molecular formula is C26H34ClN5O5. The maximum absolute atomic E-state index is 13.2. The molecule has 1 N–H and O–H groups in total. The first-order valence-corrected chi connectivity index (χ1v) is 14.1. The number of carbonyl (C=O) groups is 1. The minimum atomic E-state index is -0.972. The van der Waals surface area contributed by atoms with E-state index in [1.807, 2.05) is 6.07 Å². The number of amides is 1. The van der Waals surface area contributed by atoms with Crippen LogP contribution in [0, 0.1) is 40.9 Å². The van der Waals surface area contributed by atoms with Crippen LogP contribution in [0.25, 0.3) is 0 Å². The van der Waals surface area contributed by atoms with Crippen LogP contribution in [0.15, 0.2) is 6.07 Å². The van der Waals surface area contributed by atoms with Gasteiger partial charge >= 0.3 is 0 Å². The number of rotatable bonds is 6. The molecule has 200 valence electrons. The van der Waals surface area contributed by atoms with Gasteiger partial charge in [0.25, 0.3) is 0 Å². The third-order valence-corrected chi connectivity index (χ3v) is 9.27. The first-order chi connectivity index (χ1) is 17.9. The van der Waals surface area contributed by atoms with Crippen LogP contribution in [0.3, 0.4) is 0 Å². The van der Waals surface area contributed by atoms with E-state index in [2.05, 4.69) is 22.3 Å². The second-order valence-electron chi connectivity index (χ2n) is 11.5. The van der Waals surface area contributed by atoms with Gasteiger partial charge in [-0.05, 0) is 63.2 Å². The molecule has 0 unspecified atom stereocenters. The van der Waals surface area contributed by atoms with Crippen LogP contribution in [0.1, 0.15) is 83.4 Å². The molecule has 1 aromatic heterocycles. The lowest BCUT2D eigenvalue weighted by Gasteiger charge is -2.60. The van der Waals surface area contributed by atoms with Gasteiger partial charge in [0.05, 0.1) is 0 Å². The van der Waals surface area contributed by atoms with E-state index in [9.17, 15) is 10.1 Å². The lowest BCUT2D eigenvalue weighted by Crippen LogP contribution is -2.64. The van der Waals surface area contributed by atoms with Crippen LogP contribution in [0.5, 0.6) is 0 Å². The fourth-order valence-electron chi connectivity index (χ4n) is 7.27. The van der Waals surface area contributed by atoms with E-state index in [1.54, 1.807) is 11.1 Å². The first kappa shape index (κ1) is 25.3. The predicted molar refractivity (Wildman–Crippen MR) is 131 cm³/mol. The summed E-state index contributed by atoms with van der Waals surface area (Å²) in [5.74, 6) is 0.491. The van der Waals surface area contributed by atoms with Gasteiger partial charge in [-0.15, -0.1) is 0 Å². The highest BCUT2D eigenvalue weighted by Crippen LogP contribution is 2.61. The number of hydrazine groups is 1. The molecule has 2 spiro atoms. The topological polar surface area (TPSA) is 119 Å². The zero-order valence-corrected chi connectivity index (χ0v) is 21.9. The summed E-state index contributed by atoms with van der Waals surface area (Å²) >= 11 is 6.08. The Bertz CT molecular complexity index is 1030. The molecule has 0 aromatic carbocycles. The van der Waals surface area contributed by atoms with Gasteiger partial charge < -0.3 is 0 Å². The van der Waals surface area contributed by atoms with Crippen molar-refractivity contribution in [3.63, 3.8) is 0 Å². The number of halogens is 1. The number of nitrogens with zero attached hydrogens (tertiary/aromatic N) is 4. The molecule has 5 aliphatic carbocycles. The van der Waals surface area contributed by atoms with E-state index < -0.39 is 11.6 Å². The van der Waals surface area contributed by atoms with E-state index in [1.165, 1.54) is 6.42 Å². The number of hydrogen-bond donors (Lipinski definition) is 1. The third kappa shape index (κ3) is 4.70. The molecule has 0 atom stereocenters. The zero-order valence-electron chi connectivity index (χ0n) is 21.2. The molecule has 2 heterocycles. The monoisotopic (exact) mass is 531 g/mol. The Morgan fingerprint density at radius 1 is 1.11 bits per heavy atom.